The van der Waals surface area contributed by atoms with Crippen LogP contribution in [-0.2, 0) is 11.2 Å². The highest BCUT2D eigenvalue weighted by Gasteiger charge is 2.49. The SMILES string of the molecule is O=C(O)c1ccc(N=C2S[C@H](Cc3ccccc3)C(=O)N2[C@H]2C[C@H]3CC[C@H]2C3)cc1. The van der Waals surface area contributed by atoms with Crippen LogP contribution in [0.15, 0.2) is 59.6 Å². The summed E-state index contributed by atoms with van der Waals surface area (Å²) in [5.74, 6) is 0.533. The van der Waals surface area contributed by atoms with Crippen molar-refractivity contribution in [2.45, 2.75) is 43.4 Å². The lowest BCUT2D eigenvalue weighted by Gasteiger charge is -2.31. The Morgan fingerprint density at radius 3 is 2.47 bits per heavy atom. The van der Waals surface area contributed by atoms with E-state index in [4.69, 9.17) is 10.1 Å². The van der Waals surface area contributed by atoms with E-state index in [1.54, 1.807) is 36.0 Å². The topological polar surface area (TPSA) is 70.0 Å². The van der Waals surface area contributed by atoms with E-state index < -0.39 is 5.97 Å². The van der Waals surface area contributed by atoms with Gasteiger partial charge in [-0.1, -0.05) is 48.5 Å². The van der Waals surface area contributed by atoms with Gasteiger partial charge in [-0.05, 0) is 67.3 Å². The lowest BCUT2D eigenvalue weighted by atomic mass is 9.94. The Labute approximate surface area is 180 Å². The molecule has 0 radical (unpaired) electrons. The lowest BCUT2D eigenvalue weighted by Crippen LogP contribution is -2.44. The first-order chi connectivity index (χ1) is 14.6. The number of hydrogen-bond acceptors (Lipinski definition) is 4. The molecule has 2 aromatic rings. The van der Waals surface area contributed by atoms with E-state index in [2.05, 4.69) is 12.1 Å². The fourth-order valence-corrected chi connectivity index (χ4v) is 6.38. The van der Waals surface area contributed by atoms with Crippen LogP contribution in [0.3, 0.4) is 0 Å². The highest BCUT2D eigenvalue weighted by Crippen LogP contribution is 2.49. The zero-order valence-electron chi connectivity index (χ0n) is 16.6. The maximum Gasteiger partial charge on any atom is 0.335 e. The molecule has 1 saturated heterocycles. The first kappa shape index (κ1) is 19.4. The Hall–Kier alpha value is -2.60. The van der Waals surface area contributed by atoms with E-state index in [1.165, 1.54) is 19.3 Å². The van der Waals surface area contributed by atoms with Gasteiger partial charge in [-0.3, -0.25) is 9.69 Å². The minimum atomic E-state index is -0.953. The molecule has 1 amide bonds. The number of fused-ring (bicyclic) bond motifs is 2. The van der Waals surface area contributed by atoms with Crippen LogP contribution in [0.4, 0.5) is 5.69 Å². The number of aliphatic imine (C=N–C) groups is 1. The molecule has 2 bridgehead atoms. The summed E-state index contributed by atoms with van der Waals surface area (Å²) in [7, 11) is 0. The first-order valence-corrected chi connectivity index (χ1v) is 11.4. The second kappa shape index (κ2) is 7.91. The first-order valence-electron chi connectivity index (χ1n) is 10.5. The molecule has 3 fully saturated rings. The molecule has 5 rings (SSSR count). The minimum absolute atomic E-state index is 0.163. The molecular formula is C24H24N2O3S. The Bertz CT molecular complexity index is 989. The second-order valence-corrected chi connectivity index (χ2v) is 9.66. The predicted molar refractivity (Wildman–Crippen MR) is 118 cm³/mol. The molecule has 1 N–H and O–H groups in total. The maximum atomic E-state index is 13.5. The van der Waals surface area contributed by atoms with Crippen molar-refractivity contribution in [1.29, 1.82) is 0 Å². The van der Waals surface area contributed by atoms with Crippen molar-refractivity contribution in [3.05, 3.63) is 65.7 Å². The van der Waals surface area contributed by atoms with E-state index in [9.17, 15) is 9.59 Å². The number of amidine groups is 1. The van der Waals surface area contributed by atoms with Crippen LogP contribution in [-0.4, -0.2) is 38.3 Å². The number of carboxylic acid groups (broad SMARTS) is 1. The highest BCUT2D eigenvalue weighted by atomic mass is 32.2. The van der Waals surface area contributed by atoms with E-state index in [0.717, 1.165) is 23.1 Å². The van der Waals surface area contributed by atoms with Crippen LogP contribution in [0.1, 0.15) is 41.6 Å². The van der Waals surface area contributed by atoms with Crippen molar-refractivity contribution in [2.75, 3.05) is 0 Å². The van der Waals surface area contributed by atoms with Gasteiger partial charge in [0.2, 0.25) is 5.91 Å². The summed E-state index contributed by atoms with van der Waals surface area (Å²) in [6.07, 6.45) is 5.48. The van der Waals surface area contributed by atoms with Gasteiger partial charge >= 0.3 is 5.97 Å². The molecule has 4 atom stereocenters. The third-order valence-corrected chi connectivity index (χ3v) is 7.75. The van der Waals surface area contributed by atoms with Gasteiger partial charge in [-0.2, -0.15) is 0 Å². The summed E-state index contributed by atoms with van der Waals surface area (Å²) in [5.41, 5.74) is 2.08. The average molecular weight is 421 g/mol. The van der Waals surface area contributed by atoms with Gasteiger partial charge in [-0.25, -0.2) is 9.79 Å². The van der Waals surface area contributed by atoms with Crippen LogP contribution in [0.5, 0.6) is 0 Å². The zero-order valence-corrected chi connectivity index (χ0v) is 17.4. The van der Waals surface area contributed by atoms with Crippen molar-refractivity contribution in [2.24, 2.45) is 16.8 Å². The number of benzene rings is 2. The smallest absolute Gasteiger partial charge is 0.335 e. The zero-order chi connectivity index (χ0) is 20.7. The third kappa shape index (κ3) is 3.65. The van der Waals surface area contributed by atoms with Crippen molar-refractivity contribution < 1.29 is 14.7 Å². The Balaban J connectivity index is 1.44. The molecule has 3 aliphatic rings. The summed E-state index contributed by atoms with van der Waals surface area (Å²) in [6, 6.07) is 16.9. The normalized spacial score (nSPS) is 29.1. The van der Waals surface area contributed by atoms with Crippen LogP contribution >= 0.6 is 11.8 Å². The molecule has 5 nitrogen and oxygen atoms in total. The van der Waals surface area contributed by atoms with Crippen LogP contribution in [0.25, 0.3) is 0 Å². The summed E-state index contributed by atoms with van der Waals surface area (Å²) < 4.78 is 0. The predicted octanol–water partition coefficient (Wildman–Crippen LogP) is 4.75. The molecular weight excluding hydrogens is 396 g/mol. The number of hydrogen-bond donors (Lipinski definition) is 1. The van der Waals surface area contributed by atoms with Crippen molar-refractivity contribution in [1.82, 2.24) is 4.90 Å². The summed E-state index contributed by atoms with van der Waals surface area (Å²) >= 11 is 1.55. The molecule has 2 saturated carbocycles. The van der Waals surface area contributed by atoms with Crippen LogP contribution < -0.4 is 0 Å². The largest absolute Gasteiger partial charge is 0.478 e. The molecule has 2 aromatic carbocycles. The molecule has 6 heteroatoms. The van der Waals surface area contributed by atoms with E-state index >= 15 is 0 Å². The summed E-state index contributed by atoms with van der Waals surface area (Å²) in [4.78, 5) is 31.4. The molecule has 2 aliphatic carbocycles. The number of carbonyl (C=O) groups excluding carboxylic acids is 1. The number of carbonyl (C=O) groups is 2. The van der Waals surface area contributed by atoms with Gasteiger partial charge in [-0.15, -0.1) is 0 Å². The van der Waals surface area contributed by atoms with Crippen molar-refractivity contribution in [3.63, 3.8) is 0 Å². The molecule has 1 aliphatic heterocycles. The second-order valence-electron chi connectivity index (χ2n) is 8.49. The molecule has 154 valence electrons. The molecule has 0 unspecified atom stereocenters. The summed E-state index contributed by atoms with van der Waals surface area (Å²) in [6.45, 7) is 0. The fraction of sp³-hybridized carbons (Fsp3) is 0.375. The molecule has 1 heterocycles. The minimum Gasteiger partial charge on any atom is -0.478 e. The van der Waals surface area contributed by atoms with Gasteiger partial charge in [0.05, 0.1) is 16.5 Å². The average Bonchev–Trinajstić information content (AvgIpc) is 3.45. The standard InChI is InChI=1S/C24H24N2O3S/c27-22-21(14-15-4-2-1-3-5-15)30-24(25-19-10-8-17(9-11-19)23(28)29)26(22)20-13-16-6-7-18(20)12-16/h1-5,8-11,16,18,20-21H,6-7,12-14H2,(H,28,29)/t16-,18-,20-,21+/m0/s1. The highest BCUT2D eigenvalue weighted by molar-refractivity contribution is 8.15. The third-order valence-electron chi connectivity index (χ3n) is 6.60. The Morgan fingerprint density at radius 1 is 1.07 bits per heavy atom. The summed E-state index contributed by atoms with van der Waals surface area (Å²) in [5, 5.41) is 9.72. The number of aromatic carboxylic acids is 1. The molecule has 0 aromatic heterocycles. The molecule has 30 heavy (non-hydrogen) atoms. The van der Waals surface area contributed by atoms with Crippen LogP contribution in [0.2, 0.25) is 0 Å². The lowest BCUT2D eigenvalue weighted by molar-refractivity contribution is -0.128. The fourth-order valence-electron chi connectivity index (χ4n) is 5.14. The number of nitrogens with zero attached hydrogens (tertiary/aromatic N) is 2. The number of rotatable bonds is 5. The van der Waals surface area contributed by atoms with E-state index in [-0.39, 0.29) is 22.8 Å². The van der Waals surface area contributed by atoms with Gasteiger partial charge in [0.25, 0.3) is 0 Å². The Morgan fingerprint density at radius 2 is 1.83 bits per heavy atom. The Kier molecular flexibility index (Phi) is 5.11. The van der Waals surface area contributed by atoms with Gasteiger partial charge < -0.3 is 5.11 Å². The van der Waals surface area contributed by atoms with Crippen LogP contribution in [0, 0.1) is 11.8 Å². The maximum absolute atomic E-state index is 13.5. The van der Waals surface area contributed by atoms with Crippen molar-refractivity contribution in [3.8, 4) is 0 Å². The monoisotopic (exact) mass is 420 g/mol. The number of carboxylic acids is 1. The van der Waals surface area contributed by atoms with E-state index in [0.29, 0.717) is 18.0 Å². The van der Waals surface area contributed by atoms with Crippen molar-refractivity contribution >= 4 is 34.5 Å². The quantitative estimate of drug-likeness (QED) is 0.758. The van der Waals surface area contributed by atoms with E-state index in [1.807, 2.05) is 23.1 Å². The van der Waals surface area contributed by atoms with Gasteiger partial charge in [0.15, 0.2) is 5.17 Å². The number of amides is 1. The number of thioether (sulfide) groups is 1. The molecule has 0 spiro atoms. The van der Waals surface area contributed by atoms with Gasteiger partial charge in [0.1, 0.15) is 0 Å². The van der Waals surface area contributed by atoms with Gasteiger partial charge in [0, 0.05) is 6.04 Å².